The van der Waals surface area contributed by atoms with E-state index in [-0.39, 0.29) is 26.3 Å². The predicted octanol–water partition coefficient (Wildman–Crippen LogP) is 14.1. The Bertz CT molecular complexity index is 3330. The van der Waals surface area contributed by atoms with Crippen molar-refractivity contribution in [3.05, 3.63) is 230 Å². The van der Waals surface area contributed by atoms with Gasteiger partial charge in [-0.05, 0) is 96.3 Å². The molecule has 6 heteroatoms. The molecule has 0 fully saturated rings. The molecule has 2 aliphatic rings. The maximum absolute atomic E-state index is 5.14. The van der Waals surface area contributed by atoms with Gasteiger partial charge in [-0.2, -0.15) is 4.58 Å². The fourth-order valence-electron chi connectivity index (χ4n) is 9.23. The number of aliphatic imine (C=N–C) groups is 1. The molecule has 7 aromatic carbocycles. The van der Waals surface area contributed by atoms with Crippen molar-refractivity contribution < 1.29 is 24.7 Å². The first kappa shape index (κ1) is 40.7. The van der Waals surface area contributed by atoms with Crippen molar-refractivity contribution in [2.24, 2.45) is 4.99 Å². The summed E-state index contributed by atoms with van der Waals surface area (Å²) in [5, 5.41) is 0. The van der Waals surface area contributed by atoms with Gasteiger partial charge >= 0.3 is 20.1 Å². The Labute approximate surface area is 397 Å². The minimum absolute atomic E-state index is 0. The summed E-state index contributed by atoms with van der Waals surface area (Å²) in [4.78, 5) is 19.8. The third kappa shape index (κ3) is 7.42. The van der Waals surface area contributed by atoms with Gasteiger partial charge in [0.2, 0.25) is 6.17 Å². The molecule has 10 aromatic rings. The summed E-state index contributed by atoms with van der Waals surface area (Å²) in [5.41, 5.74) is 20.7. The molecule has 1 atom stereocenters. The summed E-state index contributed by atoms with van der Waals surface area (Å²) in [7, 11) is 0. The van der Waals surface area contributed by atoms with E-state index in [2.05, 4.69) is 150 Å². The molecule has 12 rings (SSSR count). The Morgan fingerprint density at radius 1 is 0.409 bits per heavy atom. The van der Waals surface area contributed by atoms with Crippen LogP contribution in [-0.4, -0.2) is 32.0 Å². The van der Waals surface area contributed by atoms with E-state index < -0.39 is 0 Å². The number of rotatable bonds is 8. The molecule has 0 saturated carbocycles. The van der Waals surface area contributed by atoms with Gasteiger partial charge in [0.15, 0.2) is 11.9 Å². The maximum Gasteiger partial charge on any atom is 3.00 e. The summed E-state index contributed by atoms with van der Waals surface area (Å²) in [5.74, 6) is 0. The van der Waals surface area contributed by atoms with E-state index in [4.69, 9.17) is 19.9 Å². The zero-order valence-electron chi connectivity index (χ0n) is 35.4. The van der Waals surface area contributed by atoms with Gasteiger partial charge in [0, 0.05) is 30.2 Å². The van der Waals surface area contributed by atoms with Gasteiger partial charge in [-0.25, -0.2) is 4.99 Å². The molecule has 3 aromatic heterocycles. The van der Waals surface area contributed by atoms with Crippen LogP contribution < -0.4 is 0 Å². The van der Waals surface area contributed by atoms with Crippen LogP contribution in [0.15, 0.2) is 212 Å². The first-order valence-electron chi connectivity index (χ1n) is 21.7. The average Bonchev–Trinajstić information content (AvgIpc) is 3.90. The van der Waals surface area contributed by atoms with Crippen LogP contribution in [0.1, 0.15) is 11.7 Å². The van der Waals surface area contributed by atoms with E-state index in [0.717, 1.165) is 112 Å². The normalized spacial score (nSPS) is 13.2. The third-order valence-corrected chi connectivity index (χ3v) is 12.3. The quantitative estimate of drug-likeness (QED) is 0.113. The van der Waals surface area contributed by atoms with Crippen LogP contribution in [0, 0.1) is 18.2 Å². The van der Waals surface area contributed by atoms with Crippen molar-refractivity contribution >= 4 is 18.1 Å². The molecule has 0 saturated heterocycles. The second-order valence-electron chi connectivity index (χ2n) is 16.2. The monoisotopic (exact) mass is 1020 g/mol. The number of benzene rings is 7. The summed E-state index contributed by atoms with van der Waals surface area (Å²) >= 11 is 0. The van der Waals surface area contributed by atoms with Gasteiger partial charge in [0.1, 0.15) is 0 Å². The van der Waals surface area contributed by atoms with Crippen LogP contribution in [-0.2, 0) is 20.1 Å². The summed E-state index contributed by atoms with van der Waals surface area (Å²) in [6, 6.07) is 75.7. The molecule has 0 radical (unpaired) electrons. The molecule has 310 valence electrons. The first-order chi connectivity index (χ1) is 32.2. The van der Waals surface area contributed by atoms with E-state index in [1.54, 1.807) is 0 Å². The fraction of sp³-hybridized carbons (Fsp3) is 0.0167. The van der Waals surface area contributed by atoms with Gasteiger partial charge in [0.05, 0.1) is 11.9 Å². The second kappa shape index (κ2) is 17.5. The Balaban J connectivity index is 0.00000481. The van der Waals surface area contributed by atoms with E-state index in [0.29, 0.717) is 0 Å². The molecule has 5 heterocycles. The molecule has 0 N–H and O–H groups in total. The zero-order valence-corrected chi connectivity index (χ0v) is 37.8. The number of hydrogen-bond donors (Lipinski definition) is 0. The van der Waals surface area contributed by atoms with Crippen molar-refractivity contribution in [1.29, 1.82) is 0 Å². The van der Waals surface area contributed by atoms with E-state index in [1.807, 2.05) is 91.7 Å². The smallest absolute Gasteiger partial charge is 0.304 e. The molecule has 0 spiro atoms. The van der Waals surface area contributed by atoms with Gasteiger partial charge in [-0.15, -0.1) is 102 Å². The molecule has 1 unspecified atom stereocenters. The van der Waals surface area contributed by atoms with Crippen LogP contribution in [0.5, 0.6) is 0 Å². The van der Waals surface area contributed by atoms with Crippen LogP contribution in [0.4, 0.5) is 5.69 Å². The van der Waals surface area contributed by atoms with Crippen LogP contribution in [0.3, 0.4) is 0 Å². The van der Waals surface area contributed by atoms with Crippen molar-refractivity contribution in [3.63, 3.8) is 0 Å². The van der Waals surface area contributed by atoms with Gasteiger partial charge in [0.25, 0.3) is 0 Å². The third-order valence-electron chi connectivity index (χ3n) is 12.3. The number of hydrogen-bond acceptors (Lipinski definition) is 4. The van der Waals surface area contributed by atoms with Crippen LogP contribution >= 0.6 is 0 Å². The van der Waals surface area contributed by atoms with Crippen molar-refractivity contribution in [3.8, 4) is 101 Å². The largest absolute Gasteiger partial charge is 3.00 e. The number of nitrogens with zero attached hydrogens (tertiary/aromatic N) is 5. The molecule has 66 heavy (non-hydrogen) atoms. The molecule has 0 aliphatic carbocycles. The Morgan fingerprint density at radius 3 is 1.36 bits per heavy atom. The van der Waals surface area contributed by atoms with E-state index >= 15 is 0 Å². The van der Waals surface area contributed by atoms with E-state index in [9.17, 15) is 0 Å². The van der Waals surface area contributed by atoms with Crippen molar-refractivity contribution in [2.75, 3.05) is 0 Å². The number of fused-ring (bicyclic) bond motifs is 6. The first-order valence-corrected chi connectivity index (χ1v) is 21.7. The molecule has 0 bridgehead atoms. The Kier molecular flexibility index (Phi) is 10.8. The Morgan fingerprint density at radius 2 is 0.879 bits per heavy atom. The van der Waals surface area contributed by atoms with Crippen molar-refractivity contribution in [1.82, 2.24) is 15.0 Å². The zero-order chi connectivity index (χ0) is 43.1. The summed E-state index contributed by atoms with van der Waals surface area (Å²) in [6.07, 6.45) is 9.75. The molecular formula is C60H37IrN5+. The van der Waals surface area contributed by atoms with E-state index in [1.165, 1.54) is 0 Å². The molecule has 0 amide bonds. The SMILES string of the molecule is [Ir+3].[c-]1ccccc1-c1ccc(-c2ccccc2-c2cc(-c3ccccc3-c3ccc(-c4[c-]cccc4)nc3)cc(-c3ccccc3-c3cnc4c(c3)[N+]3=CC=NC3c3ccc[c-]c3-4)c2)cn1. The van der Waals surface area contributed by atoms with Crippen LogP contribution in [0.2, 0.25) is 0 Å². The maximum atomic E-state index is 5.14. The fourth-order valence-corrected chi connectivity index (χ4v) is 9.23. The molecular weight excluding hydrogens is 983 g/mol. The predicted molar refractivity (Wildman–Crippen MR) is 262 cm³/mol. The number of pyridine rings is 3. The molecule has 5 nitrogen and oxygen atoms in total. The summed E-state index contributed by atoms with van der Waals surface area (Å²) in [6.45, 7) is 0. The van der Waals surface area contributed by atoms with Crippen molar-refractivity contribution in [2.45, 2.75) is 6.17 Å². The summed E-state index contributed by atoms with van der Waals surface area (Å²) < 4.78 is 2.22. The number of aromatic nitrogens is 3. The molecule has 2 aliphatic heterocycles. The topological polar surface area (TPSA) is 54.0 Å². The van der Waals surface area contributed by atoms with Gasteiger partial charge in [-0.1, -0.05) is 97.1 Å². The average molecular weight is 1020 g/mol. The van der Waals surface area contributed by atoms with Gasteiger partial charge < -0.3 is 9.97 Å². The Hall–Kier alpha value is -8.02. The standard InChI is InChI=1S/C60H37N5.Ir/c1-3-15-40(16-4-1)56-29-27-42(37-62-56)48-19-7-9-21-50(48)44-33-45(51-22-10-8-20-49(51)43-28-30-57(63-38-43)41-17-5-2-6-18-41)35-46(34-44)52-23-11-12-24-53(52)47-36-58-59(64-39-47)54-25-13-14-26-55(54)60-61-31-32-65(58)60;/h1-15,17,19-24,26-39,60H;/q-2;+3. The van der Waals surface area contributed by atoms with Gasteiger partial charge in [-0.3, -0.25) is 4.98 Å². The van der Waals surface area contributed by atoms with Crippen LogP contribution in [0.25, 0.3) is 101 Å². The minimum atomic E-state index is -0.132. The second-order valence-corrected chi connectivity index (χ2v) is 16.2. The minimum Gasteiger partial charge on any atom is -0.304 e.